The number of rotatable bonds is 6. The van der Waals surface area contributed by atoms with Gasteiger partial charge >= 0.3 is 6.18 Å². The van der Waals surface area contributed by atoms with E-state index in [2.05, 4.69) is 20.5 Å². The Morgan fingerprint density at radius 1 is 1.16 bits per heavy atom. The molecule has 2 aromatic carbocycles. The highest BCUT2D eigenvalue weighted by molar-refractivity contribution is 5.88. The molecule has 0 saturated heterocycles. The van der Waals surface area contributed by atoms with Crippen LogP contribution in [0.1, 0.15) is 42.6 Å². The van der Waals surface area contributed by atoms with Crippen LogP contribution in [-0.4, -0.2) is 28.2 Å². The molecular weight excluding hydrogens is 421 g/mol. The lowest BCUT2D eigenvalue weighted by Gasteiger charge is -2.28. The Morgan fingerprint density at radius 2 is 1.88 bits per heavy atom. The number of aromatic nitrogens is 3. The van der Waals surface area contributed by atoms with Crippen molar-refractivity contribution in [2.45, 2.75) is 43.8 Å². The molecule has 32 heavy (non-hydrogen) atoms. The molecule has 0 atom stereocenters. The maximum Gasteiger partial charge on any atom is 0.416 e. The zero-order chi connectivity index (χ0) is 22.8. The Bertz CT molecular complexity index is 1090. The van der Waals surface area contributed by atoms with Gasteiger partial charge in [-0.25, -0.2) is 4.98 Å². The van der Waals surface area contributed by atoms with E-state index in [9.17, 15) is 18.0 Å². The summed E-state index contributed by atoms with van der Waals surface area (Å²) in [5, 5.41) is 9.83. The summed E-state index contributed by atoms with van der Waals surface area (Å²) in [7, 11) is 1.58. The predicted octanol–water partition coefficient (Wildman–Crippen LogP) is 4.63. The minimum absolute atomic E-state index is 0.0999. The van der Waals surface area contributed by atoms with Crippen molar-refractivity contribution >= 4 is 5.91 Å². The standard InChI is InChI=1S/C23H23F3N4O2/c1-32-18-9-7-15(8-10-18)20-28-19(29-30-20)14-27-21(31)22(11-2-3-12-22)16-5-4-6-17(13-16)23(24,25)26/h4-10,13H,2-3,11-12,14H2,1H3,(H,27,31)(H,28,29,30). The number of nitrogens with zero attached hydrogens (tertiary/aromatic N) is 2. The van der Waals surface area contributed by atoms with Crippen LogP contribution in [0.15, 0.2) is 48.5 Å². The van der Waals surface area contributed by atoms with Crippen LogP contribution in [0.5, 0.6) is 5.75 Å². The molecule has 2 N–H and O–H groups in total. The van der Waals surface area contributed by atoms with Crippen LogP contribution in [0, 0.1) is 0 Å². The molecule has 1 saturated carbocycles. The fourth-order valence-electron chi connectivity index (χ4n) is 4.20. The Balaban J connectivity index is 1.49. The fraction of sp³-hybridized carbons (Fsp3) is 0.348. The van der Waals surface area contributed by atoms with Crippen molar-refractivity contribution in [2.75, 3.05) is 7.11 Å². The van der Waals surface area contributed by atoms with E-state index < -0.39 is 17.2 Å². The molecule has 1 fully saturated rings. The molecule has 1 aliphatic rings. The van der Waals surface area contributed by atoms with Gasteiger partial charge in [-0.1, -0.05) is 31.0 Å². The minimum Gasteiger partial charge on any atom is -0.497 e. The second-order valence-corrected chi connectivity index (χ2v) is 7.88. The van der Waals surface area contributed by atoms with E-state index in [0.29, 0.717) is 35.8 Å². The van der Waals surface area contributed by atoms with Crippen LogP contribution in [0.4, 0.5) is 13.2 Å². The summed E-state index contributed by atoms with van der Waals surface area (Å²) in [6.07, 6.45) is -1.87. The molecule has 9 heteroatoms. The van der Waals surface area contributed by atoms with Crippen molar-refractivity contribution in [3.8, 4) is 17.1 Å². The first-order chi connectivity index (χ1) is 15.3. The average Bonchev–Trinajstić information content (AvgIpc) is 3.48. The SMILES string of the molecule is COc1ccc(-c2n[nH]c(CNC(=O)C3(c4cccc(C(F)(F)F)c4)CCCC3)n2)cc1. The third-order valence-corrected chi connectivity index (χ3v) is 5.93. The topological polar surface area (TPSA) is 79.9 Å². The normalized spacial score (nSPS) is 15.5. The molecular formula is C23H23F3N4O2. The van der Waals surface area contributed by atoms with Gasteiger partial charge in [-0.05, 0) is 48.7 Å². The van der Waals surface area contributed by atoms with Gasteiger partial charge in [-0.15, -0.1) is 0 Å². The van der Waals surface area contributed by atoms with E-state index in [-0.39, 0.29) is 12.5 Å². The highest BCUT2D eigenvalue weighted by atomic mass is 19.4. The van der Waals surface area contributed by atoms with Crippen molar-refractivity contribution in [2.24, 2.45) is 0 Å². The number of H-pyrrole nitrogens is 1. The first-order valence-electron chi connectivity index (χ1n) is 10.3. The average molecular weight is 444 g/mol. The number of methoxy groups -OCH3 is 1. The molecule has 0 radical (unpaired) electrons. The molecule has 6 nitrogen and oxygen atoms in total. The molecule has 1 aromatic heterocycles. The summed E-state index contributed by atoms with van der Waals surface area (Å²) in [5.74, 6) is 1.36. The zero-order valence-electron chi connectivity index (χ0n) is 17.5. The van der Waals surface area contributed by atoms with Gasteiger partial charge in [0, 0.05) is 5.56 Å². The molecule has 1 aliphatic carbocycles. The number of ether oxygens (including phenoxy) is 1. The number of aromatic amines is 1. The molecule has 1 amide bonds. The maximum atomic E-state index is 13.2. The summed E-state index contributed by atoms with van der Waals surface area (Å²) in [6, 6.07) is 12.3. The minimum atomic E-state index is -4.45. The molecule has 0 aliphatic heterocycles. The molecule has 4 rings (SSSR count). The lowest BCUT2D eigenvalue weighted by Crippen LogP contribution is -2.42. The number of hydrogen-bond acceptors (Lipinski definition) is 4. The van der Waals surface area contributed by atoms with Gasteiger partial charge in [0.25, 0.3) is 0 Å². The zero-order valence-corrected chi connectivity index (χ0v) is 17.5. The van der Waals surface area contributed by atoms with Crippen LogP contribution < -0.4 is 10.1 Å². The Labute approximate surface area is 183 Å². The second kappa shape index (κ2) is 8.64. The van der Waals surface area contributed by atoms with Crippen LogP contribution in [0.3, 0.4) is 0 Å². The Morgan fingerprint density at radius 3 is 2.53 bits per heavy atom. The van der Waals surface area contributed by atoms with Gasteiger partial charge in [0.1, 0.15) is 11.6 Å². The first-order valence-corrected chi connectivity index (χ1v) is 10.3. The third-order valence-electron chi connectivity index (χ3n) is 5.93. The number of nitrogens with one attached hydrogen (secondary N) is 2. The molecule has 3 aromatic rings. The molecule has 0 spiro atoms. The number of carbonyl (C=O) groups is 1. The number of amides is 1. The smallest absolute Gasteiger partial charge is 0.416 e. The molecule has 1 heterocycles. The number of alkyl halides is 3. The third kappa shape index (κ3) is 4.32. The van der Waals surface area contributed by atoms with E-state index >= 15 is 0 Å². The van der Waals surface area contributed by atoms with Crippen molar-refractivity contribution in [3.05, 3.63) is 65.5 Å². The van der Waals surface area contributed by atoms with Gasteiger partial charge in [0.15, 0.2) is 5.82 Å². The number of hydrogen-bond donors (Lipinski definition) is 2. The first kappa shape index (κ1) is 21.9. The number of benzene rings is 2. The number of halogens is 3. The van der Waals surface area contributed by atoms with Gasteiger partial charge in [-0.2, -0.15) is 18.3 Å². The molecule has 0 unspecified atom stereocenters. The quantitative estimate of drug-likeness (QED) is 0.581. The van der Waals surface area contributed by atoms with E-state index in [4.69, 9.17) is 4.74 Å². The van der Waals surface area contributed by atoms with Gasteiger partial charge in [-0.3, -0.25) is 9.89 Å². The maximum absolute atomic E-state index is 13.2. The predicted molar refractivity (Wildman–Crippen MR) is 112 cm³/mol. The van der Waals surface area contributed by atoms with Gasteiger partial charge in [0.2, 0.25) is 5.91 Å². The summed E-state index contributed by atoms with van der Waals surface area (Å²) in [6.45, 7) is 0.0999. The van der Waals surface area contributed by atoms with Crippen LogP contribution >= 0.6 is 0 Å². The molecule has 0 bridgehead atoms. The highest BCUT2D eigenvalue weighted by Crippen LogP contribution is 2.43. The van der Waals surface area contributed by atoms with E-state index in [1.165, 1.54) is 6.07 Å². The van der Waals surface area contributed by atoms with Crippen LogP contribution in [-0.2, 0) is 22.9 Å². The van der Waals surface area contributed by atoms with Crippen LogP contribution in [0.25, 0.3) is 11.4 Å². The number of carbonyl (C=O) groups excluding carboxylic acids is 1. The van der Waals surface area contributed by atoms with Crippen molar-refractivity contribution < 1.29 is 22.7 Å². The summed E-state index contributed by atoms with van der Waals surface area (Å²) >= 11 is 0. The lowest BCUT2D eigenvalue weighted by atomic mass is 9.77. The fourth-order valence-corrected chi connectivity index (χ4v) is 4.20. The van der Waals surface area contributed by atoms with Gasteiger partial charge < -0.3 is 10.1 Å². The highest BCUT2D eigenvalue weighted by Gasteiger charge is 2.43. The monoisotopic (exact) mass is 444 g/mol. The summed E-state index contributed by atoms with van der Waals surface area (Å²) in [4.78, 5) is 17.6. The van der Waals surface area contributed by atoms with Crippen LogP contribution in [0.2, 0.25) is 0 Å². The lowest BCUT2D eigenvalue weighted by molar-refractivity contribution is -0.138. The second-order valence-electron chi connectivity index (χ2n) is 7.88. The Kier molecular flexibility index (Phi) is 5.90. The van der Waals surface area contributed by atoms with Crippen molar-refractivity contribution in [1.29, 1.82) is 0 Å². The Hall–Kier alpha value is -3.36. The van der Waals surface area contributed by atoms with Crippen molar-refractivity contribution in [1.82, 2.24) is 20.5 Å². The largest absolute Gasteiger partial charge is 0.497 e. The van der Waals surface area contributed by atoms with E-state index in [0.717, 1.165) is 30.5 Å². The molecule has 168 valence electrons. The summed E-state index contributed by atoms with van der Waals surface area (Å²) < 4.78 is 44.8. The van der Waals surface area contributed by atoms with E-state index in [1.807, 2.05) is 12.1 Å². The summed E-state index contributed by atoms with van der Waals surface area (Å²) in [5.41, 5.74) is -0.525. The van der Waals surface area contributed by atoms with E-state index in [1.54, 1.807) is 25.3 Å². The van der Waals surface area contributed by atoms with Crippen molar-refractivity contribution in [3.63, 3.8) is 0 Å². The van der Waals surface area contributed by atoms with Gasteiger partial charge in [0.05, 0.1) is 24.6 Å².